The molecular formula is C23H20N4OS. The summed E-state index contributed by atoms with van der Waals surface area (Å²) in [6.45, 7) is 2.91. The maximum absolute atomic E-state index is 11.2. The summed E-state index contributed by atoms with van der Waals surface area (Å²) in [5.41, 5.74) is 1.95. The number of hydrogen-bond acceptors (Lipinski definition) is 5. The molecule has 2 aromatic carbocycles. The Morgan fingerprint density at radius 3 is 2.03 bits per heavy atom. The number of amides is 1. The van der Waals surface area contributed by atoms with Crippen molar-refractivity contribution in [3.8, 4) is 0 Å². The number of carbonyl (C=O) groups excluding carboxylic acids is 1. The number of para-hydroxylation sites is 2. The summed E-state index contributed by atoms with van der Waals surface area (Å²) in [6, 6.07) is 20.8. The lowest BCUT2D eigenvalue weighted by atomic mass is 10.2. The van der Waals surface area contributed by atoms with Gasteiger partial charge in [-0.2, -0.15) is 0 Å². The van der Waals surface area contributed by atoms with E-state index in [0.29, 0.717) is 6.54 Å². The smallest absolute Gasteiger partial charge is 0.216 e. The van der Waals surface area contributed by atoms with Gasteiger partial charge in [0.05, 0.1) is 20.8 Å². The van der Waals surface area contributed by atoms with Crippen LogP contribution in [-0.4, -0.2) is 29.0 Å². The minimum Gasteiger partial charge on any atom is -0.356 e. The van der Waals surface area contributed by atoms with Crippen LogP contribution in [0.1, 0.15) is 13.3 Å². The van der Waals surface area contributed by atoms with Gasteiger partial charge >= 0.3 is 0 Å². The molecule has 5 nitrogen and oxygen atoms in total. The summed E-state index contributed by atoms with van der Waals surface area (Å²) in [7, 11) is 0. The maximum Gasteiger partial charge on any atom is 0.216 e. The fraction of sp³-hybridized carbons (Fsp3) is 0.174. The third-order valence-corrected chi connectivity index (χ3v) is 6.04. The number of anilines is 2. The van der Waals surface area contributed by atoms with Gasteiger partial charge in [0, 0.05) is 30.8 Å². The zero-order valence-corrected chi connectivity index (χ0v) is 16.9. The molecule has 0 spiro atoms. The van der Waals surface area contributed by atoms with E-state index in [2.05, 4.69) is 34.5 Å². The third-order valence-electron chi connectivity index (χ3n) is 5.00. The van der Waals surface area contributed by atoms with E-state index in [1.807, 2.05) is 36.4 Å². The van der Waals surface area contributed by atoms with Gasteiger partial charge in [-0.3, -0.25) is 4.79 Å². The van der Waals surface area contributed by atoms with Crippen LogP contribution in [0.2, 0.25) is 0 Å². The molecule has 4 aromatic rings. The molecule has 144 valence electrons. The Labute approximate surface area is 173 Å². The molecule has 0 bridgehead atoms. The highest BCUT2D eigenvalue weighted by Crippen LogP contribution is 2.48. The van der Waals surface area contributed by atoms with Crippen LogP contribution in [-0.2, 0) is 4.79 Å². The van der Waals surface area contributed by atoms with E-state index >= 15 is 0 Å². The minimum absolute atomic E-state index is 0.00626. The van der Waals surface area contributed by atoms with Crippen LogP contribution in [0.25, 0.3) is 21.8 Å². The van der Waals surface area contributed by atoms with Gasteiger partial charge in [0.2, 0.25) is 5.91 Å². The highest BCUT2D eigenvalue weighted by Gasteiger charge is 2.27. The summed E-state index contributed by atoms with van der Waals surface area (Å²) in [5, 5.41) is 5.15. The number of pyridine rings is 2. The molecule has 1 aliphatic heterocycles. The summed E-state index contributed by atoms with van der Waals surface area (Å²) >= 11 is 1.72. The molecule has 0 fully saturated rings. The topological polar surface area (TPSA) is 58.1 Å². The number of rotatable bonds is 4. The SMILES string of the molecule is CC(=O)NCCCN1c2nc3ccccc3cc2Sc2cc3ccccc3nc21. The molecule has 29 heavy (non-hydrogen) atoms. The van der Waals surface area contributed by atoms with E-state index < -0.39 is 0 Å². The molecule has 1 aliphatic rings. The third kappa shape index (κ3) is 3.40. The predicted octanol–water partition coefficient (Wildman–Crippen LogP) is 4.91. The molecule has 1 N–H and O–H groups in total. The van der Waals surface area contributed by atoms with Crippen LogP contribution in [0.3, 0.4) is 0 Å². The summed E-state index contributed by atoms with van der Waals surface area (Å²) in [6.07, 6.45) is 0.812. The second-order valence-corrected chi connectivity index (χ2v) is 8.18. The second kappa shape index (κ2) is 7.37. The molecular weight excluding hydrogens is 380 g/mol. The van der Waals surface area contributed by atoms with Crippen LogP contribution in [0.4, 0.5) is 11.6 Å². The molecule has 0 unspecified atom stereocenters. The number of hydrogen-bond donors (Lipinski definition) is 1. The molecule has 0 atom stereocenters. The van der Waals surface area contributed by atoms with Gasteiger partial charge in [-0.05, 0) is 30.7 Å². The normalized spacial score (nSPS) is 12.7. The van der Waals surface area contributed by atoms with E-state index in [1.54, 1.807) is 18.7 Å². The molecule has 0 radical (unpaired) electrons. The Bertz CT molecular complexity index is 1150. The van der Waals surface area contributed by atoms with Gasteiger partial charge in [0.25, 0.3) is 0 Å². The number of fused-ring (bicyclic) bond motifs is 4. The van der Waals surface area contributed by atoms with Crippen molar-refractivity contribution >= 4 is 51.1 Å². The molecule has 5 rings (SSSR count). The molecule has 2 aromatic heterocycles. The highest BCUT2D eigenvalue weighted by atomic mass is 32.2. The Balaban J connectivity index is 1.61. The van der Waals surface area contributed by atoms with Crippen LogP contribution in [0.5, 0.6) is 0 Å². The summed E-state index contributed by atoms with van der Waals surface area (Å²) in [5.74, 6) is 1.87. The predicted molar refractivity (Wildman–Crippen MR) is 118 cm³/mol. The van der Waals surface area contributed by atoms with Gasteiger partial charge in [-0.15, -0.1) is 0 Å². The summed E-state index contributed by atoms with van der Waals surface area (Å²) in [4.78, 5) is 25.6. The van der Waals surface area contributed by atoms with Crippen molar-refractivity contribution in [3.05, 3.63) is 60.7 Å². The van der Waals surface area contributed by atoms with E-state index in [9.17, 15) is 4.79 Å². The van der Waals surface area contributed by atoms with Crippen molar-refractivity contribution in [2.75, 3.05) is 18.0 Å². The van der Waals surface area contributed by atoms with Crippen molar-refractivity contribution in [1.82, 2.24) is 15.3 Å². The average molecular weight is 401 g/mol. The lowest BCUT2D eigenvalue weighted by Gasteiger charge is -2.31. The zero-order chi connectivity index (χ0) is 19.8. The zero-order valence-electron chi connectivity index (χ0n) is 16.1. The monoisotopic (exact) mass is 400 g/mol. The van der Waals surface area contributed by atoms with E-state index in [1.165, 1.54) is 0 Å². The molecule has 0 aliphatic carbocycles. The quantitative estimate of drug-likeness (QED) is 0.493. The Kier molecular flexibility index (Phi) is 4.56. The van der Waals surface area contributed by atoms with Crippen molar-refractivity contribution < 1.29 is 4.79 Å². The van der Waals surface area contributed by atoms with Crippen LogP contribution >= 0.6 is 11.8 Å². The van der Waals surface area contributed by atoms with E-state index in [0.717, 1.165) is 56.2 Å². The van der Waals surface area contributed by atoms with Gasteiger partial charge in [0.15, 0.2) is 0 Å². The Hall–Kier alpha value is -3.12. The fourth-order valence-electron chi connectivity index (χ4n) is 3.64. The summed E-state index contributed by atoms with van der Waals surface area (Å²) < 4.78 is 0. The standard InChI is InChI=1S/C23H20N4OS/c1-15(28)24-11-6-12-27-22-20(13-16-7-2-4-9-18(16)25-22)29-21-14-17-8-3-5-10-19(17)26-23(21)27/h2-5,7-10,13-14H,6,11-12H2,1H3,(H,24,28). The average Bonchev–Trinajstić information content (AvgIpc) is 2.73. The van der Waals surface area contributed by atoms with Crippen molar-refractivity contribution in [1.29, 1.82) is 0 Å². The molecule has 6 heteroatoms. The second-order valence-electron chi connectivity index (χ2n) is 7.10. The lowest BCUT2D eigenvalue weighted by Crippen LogP contribution is -2.28. The van der Waals surface area contributed by atoms with Gasteiger partial charge in [-0.1, -0.05) is 48.2 Å². The number of benzene rings is 2. The van der Waals surface area contributed by atoms with Crippen molar-refractivity contribution in [2.45, 2.75) is 23.1 Å². The van der Waals surface area contributed by atoms with Gasteiger partial charge in [-0.25, -0.2) is 9.97 Å². The van der Waals surface area contributed by atoms with Crippen LogP contribution in [0.15, 0.2) is 70.5 Å². The lowest BCUT2D eigenvalue weighted by molar-refractivity contribution is -0.118. The number of carbonyl (C=O) groups is 1. The van der Waals surface area contributed by atoms with Gasteiger partial charge in [0.1, 0.15) is 11.6 Å². The van der Waals surface area contributed by atoms with E-state index in [-0.39, 0.29) is 5.91 Å². The fourth-order valence-corrected chi connectivity index (χ4v) is 4.74. The first-order chi connectivity index (χ1) is 14.2. The molecule has 0 saturated carbocycles. The van der Waals surface area contributed by atoms with Crippen molar-refractivity contribution in [3.63, 3.8) is 0 Å². The maximum atomic E-state index is 11.2. The first kappa shape index (κ1) is 17.9. The number of nitrogens with one attached hydrogen (secondary N) is 1. The molecule has 0 saturated heterocycles. The van der Waals surface area contributed by atoms with Gasteiger partial charge < -0.3 is 10.2 Å². The van der Waals surface area contributed by atoms with E-state index in [4.69, 9.17) is 9.97 Å². The first-order valence-corrected chi connectivity index (χ1v) is 10.5. The van der Waals surface area contributed by atoms with Crippen LogP contribution < -0.4 is 10.2 Å². The first-order valence-electron chi connectivity index (χ1n) is 9.68. The Morgan fingerprint density at radius 2 is 1.48 bits per heavy atom. The minimum atomic E-state index is -0.00626. The molecule has 3 heterocycles. The van der Waals surface area contributed by atoms with Crippen LogP contribution in [0, 0.1) is 0 Å². The Morgan fingerprint density at radius 1 is 0.931 bits per heavy atom. The highest BCUT2D eigenvalue weighted by molar-refractivity contribution is 7.99. The van der Waals surface area contributed by atoms with Crippen molar-refractivity contribution in [2.24, 2.45) is 0 Å². The molecule has 1 amide bonds. The number of nitrogens with zero attached hydrogens (tertiary/aromatic N) is 3. The largest absolute Gasteiger partial charge is 0.356 e. The number of aromatic nitrogens is 2.